The Kier molecular flexibility index (Phi) is 54.7. The van der Waals surface area contributed by atoms with E-state index in [0.29, 0.717) is 52.7 Å². The van der Waals surface area contributed by atoms with Crippen LogP contribution in [0.2, 0.25) is 0 Å². The van der Waals surface area contributed by atoms with E-state index in [9.17, 15) is 80.7 Å². The third kappa shape index (κ3) is 44.1. The molecule has 11 aliphatic heterocycles. The van der Waals surface area contributed by atoms with Crippen molar-refractivity contribution in [3.63, 3.8) is 0 Å². The molecule has 3 fully saturated rings. The van der Waals surface area contributed by atoms with Gasteiger partial charge in [-0.25, -0.2) is 76.8 Å². The van der Waals surface area contributed by atoms with Gasteiger partial charge in [-0.2, -0.15) is 30.4 Å². The minimum absolute atomic E-state index is 0.0249. The molecule has 11 aliphatic rings. The molecule has 0 aliphatic carbocycles. The first-order chi connectivity index (χ1) is 67.8. The Bertz CT molecular complexity index is 5220. The van der Waals surface area contributed by atoms with Crippen LogP contribution in [-0.4, -0.2) is 271 Å². The number of allylic oxidation sites excluding steroid dienone is 6. The SMILES string of the molecule is C=C1C=CN(C(C)C)C(=O)N1.C=C1C=NN(C(C)C)C(=O)N1.C=C1NC(=O)N(C(C)C)C=C1Br.C=C1NC(=O)N(C(C)C)C=C1F.C=C1NC(=O)N(C(C)C)N=C1C.C=C1NC(=S)N(C(C)C)N=C1C.CC(=O)CC1C=CN(C(C)C)C(=O)N1.CC(C)N1C(=O)NC(C)(C)C1=O.CC(C)N1CC(=O)NC1=O.CC(C)N1CCCC1=O.CC(C)N1N=CCC1=O.Cc1ccn(C(C)C)c(=O)n1.Cc1nc(=O)n(C(C)C)cc1F. The second-order valence-corrected chi connectivity index (χ2v) is 39.6. The van der Waals surface area contributed by atoms with E-state index in [1.54, 1.807) is 103 Å². The highest BCUT2D eigenvalue weighted by molar-refractivity contribution is 9.12. The summed E-state index contributed by atoms with van der Waals surface area (Å²) in [6.07, 6.45) is 18.8. The third-order valence-corrected chi connectivity index (χ3v) is 21.8. The zero-order valence-electron chi connectivity index (χ0n) is 91.6. The lowest BCUT2D eigenvalue weighted by Crippen LogP contribution is -2.48. The van der Waals surface area contributed by atoms with E-state index in [4.69, 9.17) is 12.2 Å². The summed E-state index contributed by atoms with van der Waals surface area (Å²) >= 11 is 8.38. The van der Waals surface area contributed by atoms with Crippen LogP contribution in [0.4, 0.5) is 47.1 Å². The quantitative estimate of drug-likeness (QED) is 0.0590. The first-order valence-corrected chi connectivity index (χ1v) is 49.3. The summed E-state index contributed by atoms with van der Waals surface area (Å²) in [5.41, 5.74) is 4.44. The highest BCUT2D eigenvalue weighted by Crippen LogP contribution is 2.24. The van der Waals surface area contributed by atoms with Gasteiger partial charge in [-0.15, -0.1) is 0 Å². The number of aryl methyl sites for hydroxylation is 2. The molecule has 0 spiro atoms. The molecule has 43 nitrogen and oxygen atoms in total. The Labute approximate surface area is 877 Å². The Hall–Kier alpha value is -14.0. The molecule has 147 heavy (non-hydrogen) atoms. The molecule has 1 unspecified atom stereocenters. The van der Waals surface area contributed by atoms with Crippen molar-refractivity contribution in [2.24, 2.45) is 20.4 Å². The molecule has 814 valence electrons. The third-order valence-electron chi connectivity index (χ3n) is 20.8. The van der Waals surface area contributed by atoms with Crippen molar-refractivity contribution in [1.82, 2.24) is 121 Å². The predicted octanol–water partition coefficient (Wildman–Crippen LogP) is 15.1. The van der Waals surface area contributed by atoms with Crippen molar-refractivity contribution >= 4 is 135 Å². The van der Waals surface area contributed by atoms with Crippen LogP contribution in [0.3, 0.4) is 0 Å². The maximum absolute atomic E-state index is 12.9. The molecule has 0 bridgehead atoms. The van der Waals surface area contributed by atoms with Gasteiger partial charge in [0, 0.05) is 141 Å². The van der Waals surface area contributed by atoms with Crippen molar-refractivity contribution in [1.29, 1.82) is 0 Å². The van der Waals surface area contributed by atoms with Gasteiger partial charge in [0.1, 0.15) is 17.9 Å². The number of likely N-dealkylation sites (tertiary alicyclic amines) is 1. The summed E-state index contributed by atoms with van der Waals surface area (Å²) in [5, 5.41) is 46.1. The number of imide groups is 2. The first kappa shape index (κ1) is 131. The zero-order chi connectivity index (χ0) is 113. The topological polar surface area (TPSA) is 485 Å². The summed E-state index contributed by atoms with van der Waals surface area (Å²) < 4.78 is 29.4. The molecule has 13 heterocycles. The summed E-state index contributed by atoms with van der Waals surface area (Å²) in [7, 11) is 0. The van der Waals surface area contributed by atoms with Gasteiger partial charge in [0.2, 0.25) is 17.7 Å². The number of aromatic nitrogens is 4. The van der Waals surface area contributed by atoms with E-state index < -0.39 is 22.9 Å². The van der Waals surface area contributed by atoms with Gasteiger partial charge in [-0.3, -0.25) is 62.9 Å². The van der Waals surface area contributed by atoms with E-state index in [-0.39, 0.29) is 174 Å². The molecular formula is C100H157BrF2N28O15S. The minimum Gasteiger partial charge on any atom is -0.340 e. The van der Waals surface area contributed by atoms with E-state index >= 15 is 0 Å². The maximum Gasteiger partial charge on any atom is 0.348 e. The highest BCUT2D eigenvalue weighted by Gasteiger charge is 2.45. The number of urea groups is 8. The van der Waals surface area contributed by atoms with Crippen LogP contribution in [0.5, 0.6) is 0 Å². The van der Waals surface area contributed by atoms with Gasteiger partial charge in [0.25, 0.3) is 5.91 Å². The number of ketones is 1. The number of nitrogens with zero attached hydrogens (tertiary/aromatic N) is 19. The number of nitrogens with one attached hydrogen (secondary N) is 9. The van der Waals surface area contributed by atoms with Crippen molar-refractivity contribution < 1.29 is 71.1 Å². The summed E-state index contributed by atoms with van der Waals surface area (Å²) in [4.78, 5) is 185. The standard InChI is InChI=1S/C10H16N2O2.C8H11BrN2O.2C8H11FN2O.C8H13N3O.C8H13N3S.C8H14N2O2.2C8H12N2O.C7H11N3O.C7H13NO.C6H10N2O2.C6H10N2O/c1-7(2)12-5-4-9(6-8(3)13)11-10(12)14;3*1-5(2)11-4-7(9)6(3)10-8(11)12;2*1-5(2)11-8(12)9-6(3)7(4)10-11;1-5(2)10-6(11)8(3,4)9-7(10)12;2*1-6(2)10-5-4-7(3)9-8(10)11;1-5(2)10-7(11)9-6(3)4-8-10;1-6(2)8-5-3-4-7(8)9;1-4(2)8-3-5(9)7-6(8)10;1-5(2)8-6(9)3-4-7-8/h4-5,7,9H,6H2,1-3H3,(H,11,14);4-5H,3H2,1-2H3,(H,10,12);4-5H,1-3H3;4-5H,3H2,1-2H3,(H,10,12);2*5H,3H2,1-2,4H3,(H,9,12);5H,1-4H3,(H,9,12);4-6H,1-3H3;4-6H,3H2,1-2H3,(H,9,11);4-5H,3H2,1-2H3,(H,9,11);6H,3-5H2,1-2H3;4H,3H2,1-2H3,(H,7,9,10);4-5H,3H2,1-2H3. The number of hydrogen-bond acceptors (Lipinski definition) is 22. The Balaban J connectivity index is 0.000000797. The lowest BCUT2D eigenvalue weighted by molar-refractivity contribution is -0.131. The normalized spacial score (nSPS) is 17.6. The first-order valence-electron chi connectivity index (χ1n) is 48.1. The molecule has 0 aromatic carbocycles. The van der Waals surface area contributed by atoms with E-state index in [0.717, 1.165) is 52.9 Å². The van der Waals surface area contributed by atoms with Gasteiger partial charge < -0.3 is 52.3 Å². The van der Waals surface area contributed by atoms with Crippen LogP contribution < -0.4 is 59.2 Å². The number of amides is 20. The molecule has 2 aromatic rings. The van der Waals surface area contributed by atoms with Crippen LogP contribution in [0.1, 0.15) is 264 Å². The van der Waals surface area contributed by atoms with Crippen LogP contribution in [0.15, 0.2) is 169 Å². The van der Waals surface area contributed by atoms with Crippen LogP contribution in [0, 0.1) is 19.7 Å². The zero-order valence-corrected chi connectivity index (χ0v) is 94.0. The highest BCUT2D eigenvalue weighted by atomic mass is 79.9. The fraction of sp³-hybridized carbons (Fsp3) is 0.540. The van der Waals surface area contributed by atoms with E-state index in [1.165, 1.54) is 60.6 Å². The summed E-state index contributed by atoms with van der Waals surface area (Å²) in [6.45, 7) is 84.6. The van der Waals surface area contributed by atoms with E-state index in [1.807, 2.05) is 176 Å². The van der Waals surface area contributed by atoms with Gasteiger partial charge in [-0.1, -0.05) is 39.5 Å². The summed E-state index contributed by atoms with van der Waals surface area (Å²) in [6, 6.07) is 1.66. The lowest BCUT2D eigenvalue weighted by Gasteiger charge is -2.29. The van der Waals surface area contributed by atoms with Crippen LogP contribution in [0.25, 0.3) is 0 Å². The molecule has 47 heteroatoms. The van der Waals surface area contributed by atoms with Gasteiger partial charge in [0.05, 0.1) is 80.8 Å². The molecule has 1 atom stereocenters. The fourth-order valence-corrected chi connectivity index (χ4v) is 13.2. The monoisotopic (exact) mass is 2140 g/mol. The number of Topliss-reactive ketones (excluding diaryl/α,β-unsaturated/α-hetero) is 1. The maximum atomic E-state index is 12.9. The molecule has 3 saturated heterocycles. The predicted molar refractivity (Wildman–Crippen MR) is 577 cm³/mol. The molecule has 20 amide bonds. The van der Waals surface area contributed by atoms with Crippen LogP contribution >= 0.6 is 28.1 Å². The second kappa shape index (κ2) is 61.4. The number of carbonyl (C=O) groups is 13. The van der Waals surface area contributed by atoms with Crippen molar-refractivity contribution in [3.05, 3.63) is 178 Å². The second-order valence-electron chi connectivity index (χ2n) is 38.4. The fourth-order valence-electron chi connectivity index (χ4n) is 12.5. The molecular weight excluding hydrogens is 1980 g/mol. The van der Waals surface area contributed by atoms with Crippen LogP contribution in [-0.2, 0) is 24.0 Å². The molecule has 0 radical (unpaired) electrons. The molecule has 0 saturated carbocycles. The van der Waals surface area contributed by atoms with Crippen molar-refractivity contribution in [3.8, 4) is 0 Å². The Morgan fingerprint density at radius 2 is 0.952 bits per heavy atom. The van der Waals surface area contributed by atoms with Gasteiger partial charge in [-0.05, 0) is 281 Å². The Morgan fingerprint density at radius 3 is 1.34 bits per heavy atom. The average molecular weight is 2140 g/mol. The van der Waals surface area contributed by atoms with Gasteiger partial charge in [0.15, 0.2) is 16.8 Å². The van der Waals surface area contributed by atoms with Crippen molar-refractivity contribution in [2.75, 3.05) is 13.1 Å². The number of rotatable bonds is 15. The summed E-state index contributed by atoms with van der Waals surface area (Å²) in [5.74, 6) is -0.791. The smallest absolute Gasteiger partial charge is 0.340 e. The minimum atomic E-state index is -0.735. The number of hydrazone groups is 4. The Morgan fingerprint density at radius 1 is 0.483 bits per heavy atom. The number of halogens is 3. The van der Waals surface area contributed by atoms with E-state index in [2.05, 4.69) is 147 Å². The molecule has 9 N–H and O–H groups in total. The number of thiocarbonyl (C=S) groups is 1. The lowest BCUT2D eigenvalue weighted by atomic mass is 10.1. The number of carbonyl (C=O) groups excluding carboxylic acids is 13. The van der Waals surface area contributed by atoms with Gasteiger partial charge >= 0.3 is 59.6 Å². The largest absolute Gasteiger partial charge is 0.348 e. The molecule has 13 rings (SSSR count). The number of hydrogen-bond donors (Lipinski definition) is 9. The average Bonchev–Trinajstić information content (AvgIpc) is 1.64. The molecule has 2 aromatic heterocycles. The van der Waals surface area contributed by atoms with Crippen molar-refractivity contribution in [2.45, 2.75) is 344 Å².